The molecule has 0 heterocycles. The van der Waals surface area contributed by atoms with Crippen molar-refractivity contribution in [3.63, 3.8) is 0 Å². The molecule has 0 N–H and O–H groups in total. The van der Waals surface area contributed by atoms with Gasteiger partial charge in [-0.1, -0.05) is 26.0 Å². The molecule has 0 bridgehead atoms. The van der Waals surface area contributed by atoms with Crippen molar-refractivity contribution < 1.29 is 4.39 Å². The van der Waals surface area contributed by atoms with Gasteiger partial charge in [0.15, 0.2) is 0 Å². The zero-order valence-corrected chi connectivity index (χ0v) is 7.76. The van der Waals surface area contributed by atoms with Gasteiger partial charge in [-0.3, -0.25) is 0 Å². The quantitative estimate of drug-likeness (QED) is 0.630. The van der Waals surface area contributed by atoms with E-state index in [9.17, 15) is 4.39 Å². The molecule has 1 aromatic carbocycles. The van der Waals surface area contributed by atoms with Gasteiger partial charge < -0.3 is 0 Å². The monoisotopic (exact) mass is 165 g/mol. The van der Waals surface area contributed by atoms with E-state index in [2.05, 4.69) is 20.3 Å². The summed E-state index contributed by atoms with van der Waals surface area (Å²) in [5, 5.41) is 0. The van der Waals surface area contributed by atoms with E-state index in [4.69, 9.17) is 0 Å². The summed E-state index contributed by atoms with van der Waals surface area (Å²) in [5.41, 5.74) is 1.75. The minimum Gasteiger partial charge on any atom is -0.207 e. The first-order chi connectivity index (χ1) is 5.61. The van der Waals surface area contributed by atoms with Crippen LogP contribution in [0, 0.1) is 25.1 Å². The summed E-state index contributed by atoms with van der Waals surface area (Å²) in [5.74, 6) is 0.343. The third kappa shape index (κ3) is 2.07. The van der Waals surface area contributed by atoms with Crippen molar-refractivity contribution in [3.05, 3.63) is 41.6 Å². The van der Waals surface area contributed by atoms with Crippen LogP contribution in [0.3, 0.4) is 0 Å². The van der Waals surface area contributed by atoms with E-state index < -0.39 is 0 Å². The Morgan fingerprint density at radius 3 is 2.58 bits per heavy atom. The van der Waals surface area contributed by atoms with Gasteiger partial charge in [0.25, 0.3) is 0 Å². The predicted molar refractivity (Wildman–Crippen MR) is 49.4 cm³/mol. The van der Waals surface area contributed by atoms with Gasteiger partial charge >= 0.3 is 0 Å². The number of benzene rings is 1. The van der Waals surface area contributed by atoms with Crippen LogP contribution in [0.4, 0.5) is 4.39 Å². The molecule has 65 valence electrons. The van der Waals surface area contributed by atoms with E-state index in [0.29, 0.717) is 5.92 Å². The van der Waals surface area contributed by atoms with Crippen LogP contribution in [-0.4, -0.2) is 0 Å². The molecule has 12 heavy (non-hydrogen) atoms. The van der Waals surface area contributed by atoms with Gasteiger partial charge in [-0.2, -0.15) is 0 Å². The number of halogens is 1. The number of hydrogen-bond donors (Lipinski definition) is 0. The van der Waals surface area contributed by atoms with E-state index in [1.165, 1.54) is 6.07 Å². The summed E-state index contributed by atoms with van der Waals surface area (Å²) in [6, 6.07) is 5.18. The summed E-state index contributed by atoms with van der Waals surface area (Å²) in [6.07, 6.45) is 2.07. The lowest BCUT2D eigenvalue weighted by molar-refractivity contribution is 0.615. The van der Waals surface area contributed by atoms with Crippen LogP contribution in [0.2, 0.25) is 0 Å². The van der Waals surface area contributed by atoms with Crippen LogP contribution in [-0.2, 0) is 0 Å². The van der Waals surface area contributed by atoms with Crippen molar-refractivity contribution in [2.24, 2.45) is 5.92 Å². The lowest BCUT2D eigenvalue weighted by Gasteiger charge is -2.07. The Balaban J connectivity index is 2.92. The molecule has 1 heteroatoms. The molecule has 0 fully saturated rings. The van der Waals surface area contributed by atoms with Crippen molar-refractivity contribution in [2.45, 2.75) is 20.8 Å². The summed E-state index contributed by atoms with van der Waals surface area (Å²) in [7, 11) is 0. The van der Waals surface area contributed by atoms with Gasteiger partial charge in [0, 0.05) is 0 Å². The Morgan fingerprint density at radius 1 is 1.33 bits per heavy atom. The van der Waals surface area contributed by atoms with E-state index in [0.717, 1.165) is 11.1 Å². The first-order valence-corrected chi connectivity index (χ1v) is 4.21. The highest BCUT2D eigenvalue weighted by atomic mass is 19.1. The Bertz CT molecular complexity index is 264. The second-order valence-electron chi connectivity index (χ2n) is 3.36. The fraction of sp³-hybridized carbons (Fsp3) is 0.364. The van der Waals surface area contributed by atoms with Crippen LogP contribution in [0.25, 0.3) is 0 Å². The van der Waals surface area contributed by atoms with Crippen molar-refractivity contribution in [3.8, 4) is 0 Å². The van der Waals surface area contributed by atoms with Gasteiger partial charge in [-0.25, -0.2) is 4.39 Å². The van der Waals surface area contributed by atoms with Gasteiger partial charge in [-0.15, -0.1) is 0 Å². The maximum absolute atomic E-state index is 13.0. The molecule has 0 aliphatic carbocycles. The van der Waals surface area contributed by atoms with Crippen LogP contribution in [0.1, 0.15) is 25.0 Å². The Labute approximate surface area is 73.4 Å². The maximum Gasteiger partial charge on any atom is 0.126 e. The third-order valence-corrected chi connectivity index (χ3v) is 1.82. The maximum atomic E-state index is 13.0. The zero-order chi connectivity index (χ0) is 9.14. The van der Waals surface area contributed by atoms with Gasteiger partial charge in [0.2, 0.25) is 0 Å². The number of rotatable bonds is 2. The Hall–Kier alpha value is -0.850. The average Bonchev–Trinajstić information content (AvgIpc) is 1.98. The molecule has 0 aliphatic heterocycles. The zero-order valence-electron chi connectivity index (χ0n) is 7.76. The molecule has 0 saturated heterocycles. The minimum atomic E-state index is -0.121. The van der Waals surface area contributed by atoms with E-state index in [1.54, 1.807) is 6.07 Å². The fourth-order valence-electron chi connectivity index (χ4n) is 1.16. The molecule has 1 aromatic rings. The standard InChI is InChI=1S/C11H14F/c1-8(2)7-10-5-4-6-11(12)9(10)3/h4-8H,1-3H3. The van der Waals surface area contributed by atoms with Gasteiger partial charge in [0.1, 0.15) is 5.82 Å². The Kier molecular flexibility index (Phi) is 2.85. The summed E-state index contributed by atoms with van der Waals surface area (Å²) < 4.78 is 13.0. The van der Waals surface area contributed by atoms with E-state index >= 15 is 0 Å². The molecule has 0 spiro atoms. The van der Waals surface area contributed by atoms with Crippen molar-refractivity contribution >= 4 is 0 Å². The highest BCUT2D eigenvalue weighted by Gasteiger charge is 2.04. The number of hydrogen-bond acceptors (Lipinski definition) is 0. The van der Waals surface area contributed by atoms with Crippen LogP contribution < -0.4 is 0 Å². The van der Waals surface area contributed by atoms with Crippen LogP contribution >= 0.6 is 0 Å². The molecule has 0 aromatic heterocycles. The fourth-order valence-corrected chi connectivity index (χ4v) is 1.16. The highest BCUT2D eigenvalue weighted by Crippen LogP contribution is 2.17. The average molecular weight is 165 g/mol. The van der Waals surface area contributed by atoms with Crippen molar-refractivity contribution in [1.29, 1.82) is 0 Å². The molecule has 0 atom stereocenters. The van der Waals surface area contributed by atoms with Crippen LogP contribution in [0.15, 0.2) is 18.2 Å². The van der Waals surface area contributed by atoms with Crippen LogP contribution in [0.5, 0.6) is 0 Å². The first-order valence-electron chi connectivity index (χ1n) is 4.21. The smallest absolute Gasteiger partial charge is 0.126 e. The first kappa shape index (κ1) is 9.24. The molecule has 1 radical (unpaired) electrons. The third-order valence-electron chi connectivity index (χ3n) is 1.82. The SMILES string of the molecule is Cc1c(F)cccc1[CH]C(C)C. The second kappa shape index (κ2) is 3.70. The molecular formula is C11H14F. The molecule has 0 amide bonds. The van der Waals surface area contributed by atoms with Gasteiger partial charge in [-0.05, 0) is 36.5 Å². The predicted octanol–water partition coefficient (Wildman–Crippen LogP) is 3.34. The lowest BCUT2D eigenvalue weighted by atomic mass is 9.99. The van der Waals surface area contributed by atoms with Crippen molar-refractivity contribution in [2.75, 3.05) is 0 Å². The highest BCUT2D eigenvalue weighted by molar-refractivity contribution is 5.33. The summed E-state index contributed by atoms with van der Waals surface area (Å²) in [4.78, 5) is 0. The normalized spacial score (nSPS) is 10.8. The molecule has 0 nitrogen and oxygen atoms in total. The van der Waals surface area contributed by atoms with Crippen molar-refractivity contribution in [1.82, 2.24) is 0 Å². The Morgan fingerprint density at radius 2 is 2.00 bits per heavy atom. The molecule has 0 aliphatic rings. The molecular weight excluding hydrogens is 151 g/mol. The van der Waals surface area contributed by atoms with E-state index in [-0.39, 0.29) is 5.82 Å². The topological polar surface area (TPSA) is 0 Å². The molecule has 1 rings (SSSR count). The lowest BCUT2D eigenvalue weighted by Crippen LogP contribution is -1.95. The van der Waals surface area contributed by atoms with Gasteiger partial charge in [0.05, 0.1) is 0 Å². The second-order valence-corrected chi connectivity index (χ2v) is 3.36. The minimum absolute atomic E-state index is 0.121. The molecule has 0 saturated carbocycles. The molecule has 0 unspecified atom stereocenters. The summed E-state index contributed by atoms with van der Waals surface area (Å²) in [6.45, 7) is 5.98. The summed E-state index contributed by atoms with van der Waals surface area (Å²) >= 11 is 0. The largest absolute Gasteiger partial charge is 0.207 e. The van der Waals surface area contributed by atoms with E-state index in [1.807, 2.05) is 13.0 Å².